The average Bonchev–Trinajstić information content (AvgIpc) is 3.38. The Bertz CT molecular complexity index is 1500. The third kappa shape index (κ3) is 5.63. The van der Waals surface area contributed by atoms with E-state index in [2.05, 4.69) is 43.5 Å². The summed E-state index contributed by atoms with van der Waals surface area (Å²) >= 11 is 0. The minimum absolute atomic E-state index is 0.140. The lowest BCUT2D eigenvalue weighted by atomic mass is 9.89. The van der Waals surface area contributed by atoms with Crippen LogP contribution in [0.2, 0.25) is 0 Å². The molecule has 4 aromatic rings. The van der Waals surface area contributed by atoms with Crippen LogP contribution in [0.15, 0.2) is 42.6 Å². The number of hydrogen-bond acceptors (Lipinski definition) is 7. The van der Waals surface area contributed by atoms with Gasteiger partial charge < -0.3 is 31.0 Å². The summed E-state index contributed by atoms with van der Waals surface area (Å²) < 4.78 is 34.0. The van der Waals surface area contributed by atoms with Crippen molar-refractivity contribution in [3.8, 4) is 5.75 Å². The van der Waals surface area contributed by atoms with Crippen molar-refractivity contribution in [1.29, 1.82) is 0 Å². The Morgan fingerprint density at radius 2 is 1.92 bits per heavy atom. The van der Waals surface area contributed by atoms with Gasteiger partial charge in [0, 0.05) is 12.3 Å². The van der Waals surface area contributed by atoms with Crippen molar-refractivity contribution in [2.24, 2.45) is 5.73 Å². The summed E-state index contributed by atoms with van der Waals surface area (Å²) in [6.45, 7) is 5.53. The third-order valence-corrected chi connectivity index (χ3v) is 7.04. The summed E-state index contributed by atoms with van der Waals surface area (Å²) in [5.74, 6) is -1.41. The number of fused-ring (bicyclic) bond motifs is 1. The van der Waals surface area contributed by atoms with E-state index >= 15 is 0 Å². The SMILES string of the molecule is CCCN1CCC(c2ccc(Nc3nc(Nc4cc(F)cc(F)c4C(N)=O)c4cc[nH]c4n3)c(OC)c2)CC1. The van der Waals surface area contributed by atoms with E-state index in [1.54, 1.807) is 19.4 Å². The van der Waals surface area contributed by atoms with Gasteiger partial charge in [0.25, 0.3) is 5.91 Å². The van der Waals surface area contributed by atoms with Crippen molar-refractivity contribution in [3.63, 3.8) is 0 Å². The maximum Gasteiger partial charge on any atom is 0.253 e. The van der Waals surface area contributed by atoms with E-state index in [1.165, 1.54) is 5.56 Å². The molecule has 0 radical (unpaired) electrons. The van der Waals surface area contributed by atoms with Gasteiger partial charge in [-0.05, 0) is 74.6 Å². The van der Waals surface area contributed by atoms with E-state index in [-0.39, 0.29) is 17.5 Å². The number of carbonyl (C=O) groups is 1. The number of H-pyrrole nitrogens is 1. The Labute approximate surface area is 224 Å². The maximum atomic E-state index is 14.3. The number of primary amides is 1. The molecule has 1 amide bonds. The molecule has 0 bridgehead atoms. The van der Waals surface area contributed by atoms with Gasteiger partial charge in [-0.3, -0.25) is 4.79 Å². The molecule has 1 aliphatic heterocycles. The lowest BCUT2D eigenvalue weighted by Gasteiger charge is -2.32. The first kappa shape index (κ1) is 26.4. The molecule has 0 spiro atoms. The fraction of sp³-hybridized carbons (Fsp3) is 0.321. The number of aromatic amines is 1. The molecule has 3 heterocycles. The van der Waals surface area contributed by atoms with E-state index in [9.17, 15) is 13.6 Å². The van der Waals surface area contributed by atoms with Gasteiger partial charge in [0.05, 0.1) is 29.4 Å². The number of halogens is 2. The topological polar surface area (TPSA) is 121 Å². The van der Waals surface area contributed by atoms with Crippen molar-refractivity contribution < 1.29 is 18.3 Å². The molecular weight excluding hydrogens is 504 g/mol. The minimum atomic E-state index is -1.07. The first-order valence-electron chi connectivity index (χ1n) is 12.9. The Kier molecular flexibility index (Phi) is 7.60. The van der Waals surface area contributed by atoms with Crippen LogP contribution >= 0.6 is 0 Å². The molecule has 0 saturated carbocycles. The van der Waals surface area contributed by atoms with E-state index in [1.807, 2.05) is 12.1 Å². The lowest BCUT2D eigenvalue weighted by molar-refractivity contribution is 0.0997. The summed E-state index contributed by atoms with van der Waals surface area (Å²) in [4.78, 5) is 26.4. The zero-order valence-corrected chi connectivity index (χ0v) is 21.9. The molecule has 9 nitrogen and oxygen atoms in total. The molecule has 2 aromatic carbocycles. The summed E-state index contributed by atoms with van der Waals surface area (Å²) in [6, 6.07) is 9.38. The van der Waals surface area contributed by atoms with Crippen LogP contribution in [0.3, 0.4) is 0 Å². The monoisotopic (exact) mass is 535 g/mol. The maximum absolute atomic E-state index is 14.3. The highest BCUT2D eigenvalue weighted by molar-refractivity contribution is 6.01. The van der Waals surface area contributed by atoms with Gasteiger partial charge in [0.2, 0.25) is 5.95 Å². The lowest BCUT2D eigenvalue weighted by Crippen LogP contribution is -2.33. The van der Waals surface area contributed by atoms with Gasteiger partial charge in [-0.15, -0.1) is 0 Å². The second-order valence-corrected chi connectivity index (χ2v) is 9.64. The van der Waals surface area contributed by atoms with Crippen molar-refractivity contribution in [2.45, 2.75) is 32.1 Å². The van der Waals surface area contributed by atoms with Gasteiger partial charge in [0.15, 0.2) is 0 Å². The number of benzene rings is 2. The van der Waals surface area contributed by atoms with Gasteiger partial charge in [-0.2, -0.15) is 9.97 Å². The molecule has 0 atom stereocenters. The average molecular weight is 536 g/mol. The quantitative estimate of drug-likeness (QED) is 0.226. The predicted molar refractivity (Wildman–Crippen MR) is 147 cm³/mol. The molecule has 204 valence electrons. The second-order valence-electron chi connectivity index (χ2n) is 9.64. The highest BCUT2D eigenvalue weighted by Gasteiger charge is 2.22. The molecule has 11 heteroatoms. The van der Waals surface area contributed by atoms with Crippen molar-refractivity contribution in [2.75, 3.05) is 37.4 Å². The van der Waals surface area contributed by atoms with Gasteiger partial charge >= 0.3 is 0 Å². The first-order chi connectivity index (χ1) is 18.9. The number of carbonyl (C=O) groups excluding carboxylic acids is 1. The fourth-order valence-electron chi connectivity index (χ4n) is 5.13. The zero-order chi connectivity index (χ0) is 27.5. The van der Waals surface area contributed by atoms with Crippen molar-refractivity contribution in [3.05, 3.63) is 65.4 Å². The number of hydrogen-bond donors (Lipinski definition) is 4. The Morgan fingerprint density at radius 3 is 2.64 bits per heavy atom. The number of nitrogens with zero attached hydrogens (tertiary/aromatic N) is 3. The third-order valence-electron chi connectivity index (χ3n) is 7.04. The molecule has 1 aliphatic rings. The van der Waals surface area contributed by atoms with Crippen LogP contribution in [0, 0.1) is 11.6 Å². The predicted octanol–water partition coefficient (Wildman–Crippen LogP) is 5.42. The highest BCUT2D eigenvalue weighted by Crippen LogP contribution is 2.36. The minimum Gasteiger partial charge on any atom is -0.495 e. The number of amides is 1. The number of aromatic nitrogens is 3. The molecule has 0 aliphatic carbocycles. The smallest absolute Gasteiger partial charge is 0.253 e. The van der Waals surface area contributed by atoms with Crippen LogP contribution in [-0.4, -0.2) is 52.5 Å². The number of nitrogens with one attached hydrogen (secondary N) is 3. The highest BCUT2D eigenvalue weighted by atomic mass is 19.1. The van der Waals surface area contributed by atoms with Crippen LogP contribution in [0.1, 0.15) is 48.0 Å². The Hall–Kier alpha value is -4.25. The number of likely N-dealkylation sites (tertiary alicyclic amines) is 1. The number of piperidine rings is 1. The largest absolute Gasteiger partial charge is 0.495 e. The summed E-state index contributed by atoms with van der Waals surface area (Å²) in [5, 5.41) is 6.60. The molecule has 5 rings (SSSR count). The van der Waals surface area contributed by atoms with E-state index in [0.717, 1.165) is 45.0 Å². The number of rotatable bonds is 9. The van der Waals surface area contributed by atoms with Crippen molar-refractivity contribution >= 4 is 40.1 Å². The fourth-order valence-corrected chi connectivity index (χ4v) is 5.13. The Balaban J connectivity index is 1.42. The van der Waals surface area contributed by atoms with Gasteiger partial charge in [-0.25, -0.2) is 8.78 Å². The summed E-state index contributed by atoms with van der Waals surface area (Å²) in [6.07, 6.45) is 5.03. The molecule has 0 unspecified atom stereocenters. The van der Waals surface area contributed by atoms with Crippen molar-refractivity contribution in [1.82, 2.24) is 19.9 Å². The standard InChI is InChI=1S/C28H31F2N7O2/c1-3-10-37-11-7-16(8-12-37)17-4-5-21(23(13-17)39-2)34-28-35-26-19(6-9-32-26)27(36-28)33-22-15-18(29)14-20(30)24(22)25(31)38/h4-6,9,13-16H,3,7-8,10-12H2,1-2H3,(H2,31,38)(H3,32,33,34,35,36). The number of methoxy groups -OCH3 is 1. The van der Waals surface area contributed by atoms with Crippen LogP contribution < -0.4 is 21.1 Å². The zero-order valence-electron chi connectivity index (χ0n) is 21.9. The van der Waals surface area contributed by atoms with E-state index < -0.39 is 23.1 Å². The van der Waals surface area contributed by atoms with Crippen LogP contribution in [-0.2, 0) is 0 Å². The van der Waals surface area contributed by atoms with Gasteiger partial charge in [0.1, 0.15) is 28.8 Å². The Morgan fingerprint density at radius 1 is 1.13 bits per heavy atom. The number of ether oxygens (including phenoxy) is 1. The van der Waals surface area contributed by atoms with Gasteiger partial charge in [-0.1, -0.05) is 13.0 Å². The molecule has 1 saturated heterocycles. The molecule has 2 aromatic heterocycles. The normalized spacial score (nSPS) is 14.5. The summed E-state index contributed by atoms with van der Waals surface area (Å²) in [5.41, 5.74) is 7.11. The summed E-state index contributed by atoms with van der Waals surface area (Å²) in [7, 11) is 1.61. The molecule has 1 fully saturated rings. The second kappa shape index (κ2) is 11.2. The molecule has 39 heavy (non-hydrogen) atoms. The van der Waals surface area contributed by atoms with Crippen LogP contribution in [0.5, 0.6) is 5.75 Å². The molecular formula is C28H31F2N7O2. The first-order valence-corrected chi connectivity index (χ1v) is 12.9. The molecule has 5 N–H and O–H groups in total. The van der Waals surface area contributed by atoms with Crippen LogP contribution in [0.25, 0.3) is 11.0 Å². The number of nitrogens with two attached hydrogens (primary N) is 1. The number of anilines is 4. The van der Waals surface area contributed by atoms with E-state index in [4.69, 9.17) is 10.5 Å². The van der Waals surface area contributed by atoms with Crippen LogP contribution in [0.4, 0.5) is 31.9 Å². The van der Waals surface area contributed by atoms with E-state index in [0.29, 0.717) is 34.5 Å².